The Kier molecular flexibility index (Phi) is 2.05. The van der Waals surface area contributed by atoms with Crippen LogP contribution in [-0.4, -0.2) is 4.98 Å². The van der Waals surface area contributed by atoms with Crippen molar-refractivity contribution in [3.05, 3.63) is 28.4 Å². The number of hydrogen-bond donors (Lipinski definition) is 0. The van der Waals surface area contributed by atoms with Gasteiger partial charge in [0.15, 0.2) is 15.9 Å². The average molecular weight is 211 g/mol. The first kappa shape index (κ1) is 8.30. The maximum Gasteiger partial charge on any atom is 0.162 e. The van der Waals surface area contributed by atoms with E-state index < -0.39 is 0 Å². The highest BCUT2D eigenvalue weighted by molar-refractivity contribution is 7.16. The molecule has 2 rings (SSSR count). The van der Waals surface area contributed by atoms with Crippen molar-refractivity contribution >= 4 is 22.9 Å². The molecule has 0 atom stereocenters. The third-order valence-corrected chi connectivity index (χ3v) is 2.78. The molecule has 64 valence electrons. The van der Waals surface area contributed by atoms with Gasteiger partial charge >= 0.3 is 0 Å². The summed E-state index contributed by atoms with van der Waals surface area (Å²) in [6.07, 6.45) is 1.55. The lowest BCUT2D eigenvalue weighted by Crippen LogP contribution is -1.68. The summed E-state index contributed by atoms with van der Waals surface area (Å²) in [4.78, 5) is 4.40. The molecule has 2 aromatic heterocycles. The van der Waals surface area contributed by atoms with Crippen molar-refractivity contribution in [1.82, 2.24) is 4.98 Å². The molecule has 0 bridgehead atoms. The lowest BCUT2D eigenvalue weighted by atomic mass is 10.5. The van der Waals surface area contributed by atoms with Crippen molar-refractivity contribution in [3.8, 4) is 16.8 Å². The molecule has 0 aliphatic rings. The van der Waals surface area contributed by atoms with Gasteiger partial charge in [0.25, 0.3) is 0 Å². The van der Waals surface area contributed by atoms with Crippen LogP contribution in [0.25, 0.3) is 10.8 Å². The molecule has 0 aliphatic heterocycles. The number of nitriles is 1. The highest BCUT2D eigenvalue weighted by atomic mass is 35.5. The van der Waals surface area contributed by atoms with E-state index in [4.69, 9.17) is 21.3 Å². The molecule has 0 aromatic carbocycles. The molecule has 0 aliphatic carbocycles. The summed E-state index contributed by atoms with van der Waals surface area (Å²) in [5.74, 6) is 0.633. The second-order valence-corrected chi connectivity index (χ2v) is 3.59. The van der Waals surface area contributed by atoms with E-state index in [0.717, 1.165) is 0 Å². The zero-order valence-electron chi connectivity index (χ0n) is 6.32. The standard InChI is InChI=1S/C8H3ClN2OS/c9-7-6(4-10)13-8(11-7)5-2-1-3-12-5/h1-3H. The minimum atomic E-state index is 0.235. The van der Waals surface area contributed by atoms with E-state index in [2.05, 4.69) is 4.98 Å². The summed E-state index contributed by atoms with van der Waals surface area (Å²) >= 11 is 6.92. The van der Waals surface area contributed by atoms with Crippen LogP contribution in [0, 0.1) is 11.3 Å². The van der Waals surface area contributed by atoms with E-state index in [0.29, 0.717) is 15.6 Å². The Morgan fingerprint density at radius 3 is 3.00 bits per heavy atom. The molecule has 0 amide bonds. The van der Waals surface area contributed by atoms with Crippen LogP contribution in [-0.2, 0) is 0 Å². The fourth-order valence-electron chi connectivity index (χ4n) is 0.876. The Balaban J connectivity index is 2.50. The van der Waals surface area contributed by atoms with Crippen LogP contribution in [0.2, 0.25) is 5.15 Å². The van der Waals surface area contributed by atoms with E-state index >= 15 is 0 Å². The van der Waals surface area contributed by atoms with Gasteiger partial charge in [-0.3, -0.25) is 0 Å². The van der Waals surface area contributed by atoms with E-state index in [9.17, 15) is 0 Å². The van der Waals surface area contributed by atoms with Gasteiger partial charge in [-0.05, 0) is 12.1 Å². The summed E-state index contributed by atoms with van der Waals surface area (Å²) in [6.45, 7) is 0. The minimum Gasteiger partial charge on any atom is -0.462 e. The Hall–Kier alpha value is -1.31. The van der Waals surface area contributed by atoms with E-state index in [-0.39, 0.29) is 5.15 Å². The van der Waals surface area contributed by atoms with Crippen LogP contribution >= 0.6 is 22.9 Å². The van der Waals surface area contributed by atoms with Crippen LogP contribution in [0.4, 0.5) is 0 Å². The van der Waals surface area contributed by atoms with Gasteiger partial charge in [0.1, 0.15) is 10.9 Å². The molecule has 0 saturated carbocycles. The Morgan fingerprint density at radius 2 is 2.46 bits per heavy atom. The van der Waals surface area contributed by atoms with Crippen molar-refractivity contribution < 1.29 is 4.42 Å². The predicted molar refractivity (Wildman–Crippen MR) is 49.5 cm³/mol. The van der Waals surface area contributed by atoms with Crippen LogP contribution in [0.1, 0.15) is 4.88 Å². The van der Waals surface area contributed by atoms with Gasteiger partial charge < -0.3 is 4.42 Å². The highest BCUT2D eigenvalue weighted by Gasteiger charge is 2.11. The molecule has 0 N–H and O–H groups in total. The number of furan rings is 1. The van der Waals surface area contributed by atoms with E-state index in [1.807, 2.05) is 6.07 Å². The molecule has 0 spiro atoms. The van der Waals surface area contributed by atoms with Gasteiger partial charge in [-0.25, -0.2) is 4.98 Å². The van der Waals surface area contributed by atoms with Crippen LogP contribution < -0.4 is 0 Å². The minimum absolute atomic E-state index is 0.235. The summed E-state index contributed by atoms with van der Waals surface area (Å²) in [5, 5.41) is 9.50. The molecule has 0 radical (unpaired) electrons. The number of rotatable bonds is 1. The third kappa shape index (κ3) is 1.44. The molecule has 0 fully saturated rings. The lowest BCUT2D eigenvalue weighted by molar-refractivity contribution is 0.582. The maximum atomic E-state index is 8.63. The highest BCUT2D eigenvalue weighted by Crippen LogP contribution is 2.30. The maximum absolute atomic E-state index is 8.63. The number of aromatic nitrogens is 1. The molecule has 2 heterocycles. The van der Waals surface area contributed by atoms with Gasteiger partial charge in [0.2, 0.25) is 0 Å². The number of hydrogen-bond acceptors (Lipinski definition) is 4. The van der Waals surface area contributed by atoms with Gasteiger partial charge in [-0.1, -0.05) is 22.9 Å². The average Bonchev–Trinajstić information content (AvgIpc) is 2.71. The van der Waals surface area contributed by atoms with Crippen molar-refractivity contribution in [3.63, 3.8) is 0 Å². The van der Waals surface area contributed by atoms with Crippen LogP contribution in [0.3, 0.4) is 0 Å². The fourth-order valence-corrected chi connectivity index (χ4v) is 1.89. The van der Waals surface area contributed by atoms with Gasteiger partial charge in [0.05, 0.1) is 6.26 Å². The summed E-state index contributed by atoms with van der Waals surface area (Å²) < 4.78 is 5.11. The van der Waals surface area contributed by atoms with E-state index in [1.54, 1.807) is 18.4 Å². The lowest BCUT2D eigenvalue weighted by Gasteiger charge is -1.83. The van der Waals surface area contributed by atoms with Crippen molar-refractivity contribution in [2.75, 3.05) is 0 Å². The first-order valence-corrected chi connectivity index (χ1v) is 4.61. The van der Waals surface area contributed by atoms with Crippen LogP contribution in [0.5, 0.6) is 0 Å². The number of nitrogens with zero attached hydrogens (tertiary/aromatic N) is 2. The monoisotopic (exact) mass is 210 g/mol. The first-order valence-electron chi connectivity index (χ1n) is 3.41. The second-order valence-electron chi connectivity index (χ2n) is 2.23. The van der Waals surface area contributed by atoms with Crippen molar-refractivity contribution in [2.45, 2.75) is 0 Å². The van der Waals surface area contributed by atoms with Crippen molar-refractivity contribution in [2.24, 2.45) is 0 Å². The van der Waals surface area contributed by atoms with E-state index in [1.165, 1.54) is 11.3 Å². The SMILES string of the molecule is N#Cc1sc(-c2ccco2)nc1Cl. The first-order chi connectivity index (χ1) is 6.31. The molecule has 0 unspecified atom stereocenters. The molecular formula is C8H3ClN2OS. The Bertz CT molecular complexity index is 455. The molecule has 2 aromatic rings. The predicted octanol–water partition coefficient (Wildman–Crippen LogP) is 2.93. The molecule has 3 nitrogen and oxygen atoms in total. The third-order valence-electron chi connectivity index (χ3n) is 1.42. The molecule has 5 heteroatoms. The largest absolute Gasteiger partial charge is 0.462 e. The number of thiazole rings is 1. The van der Waals surface area contributed by atoms with Gasteiger partial charge in [-0.2, -0.15) is 5.26 Å². The normalized spacial score (nSPS) is 9.85. The molecule has 13 heavy (non-hydrogen) atoms. The van der Waals surface area contributed by atoms with Crippen molar-refractivity contribution in [1.29, 1.82) is 5.26 Å². The molecule has 0 saturated heterocycles. The summed E-state index contributed by atoms with van der Waals surface area (Å²) in [6, 6.07) is 5.49. The fraction of sp³-hybridized carbons (Fsp3) is 0. The Morgan fingerprint density at radius 1 is 1.62 bits per heavy atom. The summed E-state index contributed by atoms with van der Waals surface area (Å²) in [5.41, 5.74) is 0. The molecular weight excluding hydrogens is 208 g/mol. The van der Waals surface area contributed by atoms with Gasteiger partial charge in [0, 0.05) is 0 Å². The zero-order chi connectivity index (χ0) is 9.26. The van der Waals surface area contributed by atoms with Crippen LogP contribution in [0.15, 0.2) is 22.8 Å². The Labute approximate surface area is 83.2 Å². The topological polar surface area (TPSA) is 49.8 Å². The zero-order valence-corrected chi connectivity index (χ0v) is 7.89. The second kappa shape index (κ2) is 3.21. The number of halogens is 1. The quantitative estimate of drug-likeness (QED) is 0.727. The smallest absolute Gasteiger partial charge is 0.162 e. The van der Waals surface area contributed by atoms with Gasteiger partial charge in [-0.15, -0.1) is 0 Å². The summed E-state index contributed by atoms with van der Waals surface area (Å²) in [7, 11) is 0.